The largest absolute Gasteiger partial charge is 0.369 e. The lowest BCUT2D eigenvalue weighted by molar-refractivity contribution is -0.893. The normalized spacial score (nSPS) is 29.9. The number of nitrogens with zero attached hydrogens (tertiary/aromatic N) is 1. The predicted molar refractivity (Wildman–Crippen MR) is 66.0 cm³/mol. The fraction of sp³-hybridized carbons (Fsp3) is 0.429. The first-order chi connectivity index (χ1) is 7.74. The number of morpholine rings is 1. The predicted octanol–water partition coefficient (Wildman–Crippen LogP) is 2.22. The van der Waals surface area contributed by atoms with Gasteiger partial charge >= 0.3 is 0 Å². The van der Waals surface area contributed by atoms with Crippen LogP contribution < -0.4 is 0 Å². The quantitative estimate of drug-likeness (QED) is 0.707. The molecule has 1 heterocycles. The van der Waals surface area contributed by atoms with Gasteiger partial charge in [0.1, 0.15) is 12.6 Å². The van der Waals surface area contributed by atoms with Crippen molar-refractivity contribution < 1.29 is 9.22 Å². The van der Waals surface area contributed by atoms with Gasteiger partial charge in [-0.05, 0) is 12.1 Å². The monoisotopic (exact) mass is 218 g/mol. The van der Waals surface area contributed by atoms with E-state index in [1.54, 1.807) is 0 Å². The molecule has 2 rings (SSSR count). The molecule has 1 saturated heterocycles. The van der Waals surface area contributed by atoms with Crippen LogP contribution in [0.15, 0.2) is 43.1 Å². The second-order valence-electron chi connectivity index (χ2n) is 4.67. The van der Waals surface area contributed by atoms with Crippen molar-refractivity contribution in [3.63, 3.8) is 0 Å². The van der Waals surface area contributed by atoms with Gasteiger partial charge in [-0.2, -0.15) is 0 Å². The Morgan fingerprint density at radius 1 is 1.44 bits per heavy atom. The zero-order valence-corrected chi connectivity index (χ0v) is 9.93. The van der Waals surface area contributed by atoms with Crippen molar-refractivity contribution >= 4 is 0 Å². The zero-order valence-electron chi connectivity index (χ0n) is 9.93. The van der Waals surface area contributed by atoms with Gasteiger partial charge in [0, 0.05) is 6.42 Å². The van der Waals surface area contributed by atoms with E-state index in [-0.39, 0.29) is 0 Å². The Kier molecular flexibility index (Phi) is 3.42. The number of likely N-dealkylation sites (N-methyl/N-ethyl adjacent to an activating group) is 1. The summed E-state index contributed by atoms with van der Waals surface area (Å²) in [5.41, 5.74) is 1.38. The van der Waals surface area contributed by atoms with Crippen LogP contribution in [0, 0.1) is 0 Å². The molecule has 2 heteroatoms. The lowest BCUT2D eigenvalue weighted by Gasteiger charge is -2.41. The Morgan fingerprint density at radius 3 is 2.88 bits per heavy atom. The van der Waals surface area contributed by atoms with E-state index in [2.05, 4.69) is 50.2 Å². The van der Waals surface area contributed by atoms with Gasteiger partial charge < -0.3 is 4.74 Å². The molecule has 0 spiro atoms. The highest BCUT2D eigenvalue weighted by Crippen LogP contribution is 2.20. The minimum Gasteiger partial charge on any atom is -0.369 e. The molecule has 0 saturated carbocycles. The van der Waals surface area contributed by atoms with Crippen molar-refractivity contribution in [2.24, 2.45) is 0 Å². The Morgan fingerprint density at radius 2 is 2.19 bits per heavy atom. The van der Waals surface area contributed by atoms with Gasteiger partial charge in [-0.15, -0.1) is 0 Å². The maximum absolute atomic E-state index is 5.59. The molecule has 0 bridgehead atoms. The fourth-order valence-electron chi connectivity index (χ4n) is 2.23. The van der Waals surface area contributed by atoms with Crippen LogP contribution in [-0.4, -0.2) is 37.3 Å². The van der Waals surface area contributed by atoms with Crippen LogP contribution in [-0.2, 0) is 11.2 Å². The summed E-state index contributed by atoms with van der Waals surface area (Å²) < 4.78 is 6.50. The molecule has 16 heavy (non-hydrogen) atoms. The number of hydrogen-bond acceptors (Lipinski definition) is 1. The van der Waals surface area contributed by atoms with Gasteiger partial charge in [0.2, 0.25) is 0 Å². The van der Waals surface area contributed by atoms with E-state index in [1.807, 2.05) is 0 Å². The minimum atomic E-state index is 0.494. The molecule has 0 N–H and O–H groups in total. The molecule has 0 radical (unpaired) electrons. The van der Waals surface area contributed by atoms with Crippen LogP contribution in [0.3, 0.4) is 0 Å². The Bertz CT molecular complexity index is 349. The van der Waals surface area contributed by atoms with Gasteiger partial charge in [0.25, 0.3) is 0 Å². The van der Waals surface area contributed by atoms with E-state index >= 15 is 0 Å². The third-order valence-electron chi connectivity index (χ3n) is 3.59. The number of hydrogen-bond donors (Lipinski definition) is 0. The number of rotatable bonds is 3. The van der Waals surface area contributed by atoms with Gasteiger partial charge in [0.05, 0.1) is 26.5 Å². The van der Waals surface area contributed by atoms with E-state index in [1.165, 1.54) is 5.56 Å². The lowest BCUT2D eigenvalue weighted by atomic mass is 10.0. The van der Waals surface area contributed by atoms with Gasteiger partial charge in [0.15, 0.2) is 0 Å². The van der Waals surface area contributed by atoms with Crippen molar-refractivity contribution in [3.8, 4) is 0 Å². The van der Waals surface area contributed by atoms with Crippen molar-refractivity contribution in [2.75, 3.05) is 26.8 Å². The third-order valence-corrected chi connectivity index (χ3v) is 3.59. The van der Waals surface area contributed by atoms with Gasteiger partial charge in [-0.1, -0.05) is 30.3 Å². The molecule has 1 aliphatic rings. The van der Waals surface area contributed by atoms with Crippen LogP contribution in [0.25, 0.3) is 0 Å². The molecule has 0 aromatic heterocycles. The summed E-state index contributed by atoms with van der Waals surface area (Å²) in [5, 5.41) is 0. The topological polar surface area (TPSA) is 9.23 Å². The third kappa shape index (κ3) is 2.34. The molecular formula is C14H20NO+. The second kappa shape index (κ2) is 4.81. The number of quaternary nitrogens is 1. The molecule has 2 unspecified atom stereocenters. The molecule has 0 amide bonds. The SMILES string of the molecule is C=C[N+]1(C)CCOCC1Cc1ccccc1. The smallest absolute Gasteiger partial charge is 0.121 e. The van der Waals surface area contributed by atoms with E-state index in [4.69, 9.17) is 4.74 Å². The van der Waals surface area contributed by atoms with E-state index in [0.29, 0.717) is 6.04 Å². The first-order valence-corrected chi connectivity index (χ1v) is 5.85. The van der Waals surface area contributed by atoms with E-state index in [9.17, 15) is 0 Å². The van der Waals surface area contributed by atoms with Crippen molar-refractivity contribution in [1.29, 1.82) is 0 Å². The standard InChI is InChI=1S/C14H20NO/c1-3-15(2)9-10-16-12-14(15)11-13-7-5-4-6-8-13/h3-8,14H,1,9-12H2,2H3/q+1. The van der Waals surface area contributed by atoms with E-state index < -0.39 is 0 Å². The number of ether oxygens (including phenoxy) is 1. The summed E-state index contributed by atoms with van der Waals surface area (Å²) in [7, 11) is 2.24. The Labute approximate surface area is 97.7 Å². The maximum Gasteiger partial charge on any atom is 0.121 e. The van der Waals surface area contributed by atoms with Crippen LogP contribution in [0.4, 0.5) is 0 Å². The highest BCUT2D eigenvalue weighted by molar-refractivity contribution is 5.15. The molecule has 1 aliphatic heterocycles. The van der Waals surface area contributed by atoms with Crippen molar-refractivity contribution in [2.45, 2.75) is 12.5 Å². The average Bonchev–Trinajstić information content (AvgIpc) is 2.34. The molecule has 86 valence electrons. The molecule has 2 atom stereocenters. The summed E-state index contributed by atoms with van der Waals surface area (Å²) >= 11 is 0. The molecule has 1 aromatic rings. The summed E-state index contributed by atoms with van der Waals surface area (Å²) in [5.74, 6) is 0. The Hall–Kier alpha value is -1.12. The molecule has 1 fully saturated rings. The summed E-state index contributed by atoms with van der Waals surface area (Å²) in [4.78, 5) is 0. The number of benzene rings is 1. The zero-order chi connectivity index (χ0) is 11.4. The first-order valence-electron chi connectivity index (χ1n) is 5.85. The molecule has 1 aromatic carbocycles. The highest BCUT2D eigenvalue weighted by atomic mass is 16.5. The molecular weight excluding hydrogens is 198 g/mol. The van der Waals surface area contributed by atoms with Gasteiger partial charge in [-0.25, -0.2) is 0 Å². The van der Waals surface area contributed by atoms with Crippen molar-refractivity contribution in [1.82, 2.24) is 0 Å². The van der Waals surface area contributed by atoms with Crippen molar-refractivity contribution in [3.05, 3.63) is 48.7 Å². The van der Waals surface area contributed by atoms with Crippen LogP contribution in [0.5, 0.6) is 0 Å². The van der Waals surface area contributed by atoms with Crippen LogP contribution >= 0.6 is 0 Å². The Balaban J connectivity index is 2.10. The summed E-state index contributed by atoms with van der Waals surface area (Å²) in [6.45, 7) is 6.67. The first kappa shape index (κ1) is 11.4. The summed E-state index contributed by atoms with van der Waals surface area (Å²) in [6, 6.07) is 11.1. The fourth-order valence-corrected chi connectivity index (χ4v) is 2.23. The average molecular weight is 218 g/mol. The minimum absolute atomic E-state index is 0.494. The molecule has 0 aliphatic carbocycles. The van der Waals surface area contributed by atoms with Gasteiger partial charge in [-0.3, -0.25) is 4.48 Å². The van der Waals surface area contributed by atoms with Crippen LogP contribution in [0.1, 0.15) is 5.56 Å². The molecule has 2 nitrogen and oxygen atoms in total. The summed E-state index contributed by atoms with van der Waals surface area (Å²) in [6.07, 6.45) is 3.11. The second-order valence-corrected chi connectivity index (χ2v) is 4.67. The van der Waals surface area contributed by atoms with E-state index in [0.717, 1.165) is 30.7 Å². The highest BCUT2D eigenvalue weighted by Gasteiger charge is 2.33. The lowest BCUT2D eigenvalue weighted by Crippen LogP contribution is -2.56. The maximum atomic E-state index is 5.59. The van der Waals surface area contributed by atoms with Crippen LogP contribution in [0.2, 0.25) is 0 Å².